The number of carbonyl (C=O) groups is 5. The Labute approximate surface area is 460 Å². The number of ketones is 2. The second-order valence-corrected chi connectivity index (χ2v) is 22.2. The maximum atomic E-state index is 14.7. The number of nitro benzene ring substituents is 1. The van der Waals surface area contributed by atoms with Gasteiger partial charge in [0.25, 0.3) is 17.4 Å². The number of piperidine rings is 1. The largest absolute Gasteiger partial charge is 0.514 e. The molecule has 0 radical (unpaired) electrons. The van der Waals surface area contributed by atoms with Gasteiger partial charge < -0.3 is 53.0 Å². The van der Waals surface area contributed by atoms with Crippen LogP contribution in [0.1, 0.15) is 126 Å². The lowest BCUT2D eigenvalue weighted by molar-refractivity contribution is -0.384. The number of nitro groups is 1. The van der Waals surface area contributed by atoms with E-state index in [0.29, 0.717) is 69.8 Å². The molecule has 1 amide bonds. The van der Waals surface area contributed by atoms with E-state index in [0.717, 1.165) is 5.57 Å². The number of methoxy groups -OCH3 is 4. The Hall–Kier alpha value is -5.15. The first kappa shape index (κ1) is 63.7. The number of ether oxygens (including phenoxy) is 8. The lowest BCUT2D eigenvalue weighted by Gasteiger charge is -2.43. The van der Waals surface area contributed by atoms with Gasteiger partial charge in [-0.05, 0) is 119 Å². The molecule has 5 rings (SSSR count). The SMILES string of the molecule is CO[C@H]1C[C@@H]2CC[C@@H](C)[C@@](O)(O2)C(=O)C(=O)N2CCCC[C@H]2C(=O)O[C@H]([C@H](C)C[C@@H]2CC[C@@H](OC(=O)Oc3ccc([N+](=O)[O-])cc3)[C@H](OC)C2)C[C@@H](OC)[C@H](C)/C=C(\C)[C@@H](O)[C@@H](OC)C(=O)[C@H](C)C[C@H](C)/C=C/C=C/C=C/1C. The number of cyclic esters (lactones) is 1. The van der Waals surface area contributed by atoms with Crippen molar-refractivity contribution in [1.82, 2.24) is 4.90 Å². The minimum atomic E-state index is -2.45. The molecule has 0 spiro atoms. The number of carbonyl (C=O) groups excluding carboxylic acids is 5. The van der Waals surface area contributed by atoms with Crippen LogP contribution in [0.25, 0.3) is 0 Å². The Kier molecular flexibility index (Phi) is 24.4. The number of hydrogen-bond acceptors (Lipinski definition) is 17. The van der Waals surface area contributed by atoms with Gasteiger partial charge in [-0.15, -0.1) is 0 Å². The van der Waals surface area contributed by atoms with Gasteiger partial charge in [-0.1, -0.05) is 71.1 Å². The van der Waals surface area contributed by atoms with E-state index in [9.17, 15) is 44.3 Å². The summed E-state index contributed by atoms with van der Waals surface area (Å²) in [5.74, 6) is -7.35. The van der Waals surface area contributed by atoms with Crippen LogP contribution in [0.2, 0.25) is 0 Å². The molecule has 16 atom stereocenters. The monoisotopic (exact) mass is 1090 g/mol. The van der Waals surface area contributed by atoms with Gasteiger partial charge in [0.2, 0.25) is 5.79 Å². The van der Waals surface area contributed by atoms with E-state index in [2.05, 4.69) is 0 Å². The van der Waals surface area contributed by atoms with Crippen LogP contribution >= 0.6 is 0 Å². The predicted molar refractivity (Wildman–Crippen MR) is 289 cm³/mol. The Morgan fingerprint density at radius 3 is 2.19 bits per heavy atom. The molecule has 78 heavy (non-hydrogen) atoms. The first-order chi connectivity index (χ1) is 37.0. The third-order valence-electron chi connectivity index (χ3n) is 16.4. The molecule has 0 aromatic heterocycles. The summed E-state index contributed by atoms with van der Waals surface area (Å²) >= 11 is 0. The van der Waals surface area contributed by atoms with Crippen molar-refractivity contribution in [2.24, 2.45) is 35.5 Å². The summed E-state index contributed by atoms with van der Waals surface area (Å²) in [5.41, 5.74) is 1.20. The van der Waals surface area contributed by atoms with Crippen LogP contribution in [0.15, 0.2) is 71.9 Å². The van der Waals surface area contributed by atoms with E-state index in [4.69, 9.17) is 37.9 Å². The molecule has 1 aromatic carbocycles. The number of nitrogens with zero attached hydrogens (tertiary/aromatic N) is 2. The lowest BCUT2D eigenvalue weighted by Crippen LogP contribution is -2.61. The molecular formula is C59H86N2O17. The Bertz CT molecular complexity index is 2320. The minimum Gasteiger partial charge on any atom is -0.460 e. The van der Waals surface area contributed by atoms with Crippen molar-refractivity contribution in [3.8, 4) is 5.75 Å². The highest BCUT2D eigenvalue weighted by molar-refractivity contribution is 6.39. The van der Waals surface area contributed by atoms with Gasteiger partial charge in [0.15, 0.2) is 5.78 Å². The molecule has 3 fully saturated rings. The topological polar surface area (TPSA) is 246 Å². The molecule has 0 unspecified atom stereocenters. The molecule has 19 nitrogen and oxygen atoms in total. The zero-order chi connectivity index (χ0) is 57.4. The van der Waals surface area contributed by atoms with Crippen LogP contribution in [0.3, 0.4) is 0 Å². The number of aliphatic hydroxyl groups excluding tert-OH is 1. The third-order valence-corrected chi connectivity index (χ3v) is 16.4. The highest BCUT2D eigenvalue weighted by Gasteiger charge is 2.53. The van der Waals surface area contributed by atoms with Crippen LogP contribution in [0.4, 0.5) is 10.5 Å². The smallest absolute Gasteiger partial charge is 0.460 e. The number of Topliss-reactive ketones (excluding diaryl/α,β-unsaturated/α-hetero) is 2. The van der Waals surface area contributed by atoms with Crippen molar-refractivity contribution in [3.05, 3.63) is 82.0 Å². The highest BCUT2D eigenvalue weighted by Crippen LogP contribution is 2.39. The van der Waals surface area contributed by atoms with E-state index in [1.165, 1.54) is 43.4 Å². The van der Waals surface area contributed by atoms with Gasteiger partial charge in [-0.25, -0.2) is 9.59 Å². The van der Waals surface area contributed by atoms with E-state index >= 15 is 0 Å². The summed E-state index contributed by atoms with van der Waals surface area (Å²) in [6.45, 7) is 13.1. The van der Waals surface area contributed by atoms with Crippen molar-refractivity contribution in [3.63, 3.8) is 0 Å². The Morgan fingerprint density at radius 1 is 0.833 bits per heavy atom. The number of esters is 1. The number of amides is 1. The average molecular weight is 1100 g/mol. The van der Waals surface area contributed by atoms with Gasteiger partial charge in [-0.2, -0.15) is 0 Å². The standard InChI is InChI=1S/C59H86N2O17/c1-35-17-13-12-14-18-36(2)48(71-8)33-45-24-20-41(7)59(68,78-45)55(64)56(65)60-28-16-15-19-46(60)57(66)76-50(34-49(72-9)37(3)30-40(6)53(63)54(74-11)52(62)39(5)29-35)38(4)31-42-21-27-47(51(32-42)73-10)77-58(67)75-44-25-22-43(23-26-44)61(69)70/h12-14,17-18,22-23,25-26,30,35,37-39,41-42,45-51,53-54,63,68H,15-16,19-21,24,27-29,31-34H2,1-11H3/b14-12+,17-13+,36-18+,40-30+/t35-,37-,38-,39-,41-,42+,45+,46+,47-,48+,49-,50+,51-,53-,54+,59-/m1/s1. The fraction of sp³-hybridized carbons (Fsp3) is 0.678. The van der Waals surface area contributed by atoms with Gasteiger partial charge in [0.1, 0.15) is 36.2 Å². The summed E-state index contributed by atoms with van der Waals surface area (Å²) in [6.07, 6.45) is 9.63. The zero-order valence-electron chi connectivity index (χ0n) is 47.5. The molecule has 434 valence electrons. The van der Waals surface area contributed by atoms with Crippen LogP contribution in [-0.4, -0.2) is 145 Å². The normalized spacial score (nSPS) is 36.3. The summed E-state index contributed by atoms with van der Waals surface area (Å²) < 4.78 is 47.2. The Balaban J connectivity index is 1.44. The molecule has 3 heterocycles. The summed E-state index contributed by atoms with van der Waals surface area (Å²) in [7, 11) is 6.05. The zero-order valence-corrected chi connectivity index (χ0v) is 47.5. The first-order valence-electron chi connectivity index (χ1n) is 27.7. The highest BCUT2D eigenvalue weighted by atomic mass is 16.7. The number of rotatable bonds is 10. The molecule has 2 bridgehead atoms. The number of fused-ring (bicyclic) bond motifs is 3. The molecule has 1 aliphatic carbocycles. The number of benzene rings is 1. The second kappa shape index (κ2) is 29.9. The van der Waals surface area contributed by atoms with Crippen LogP contribution in [-0.2, 0) is 52.3 Å². The van der Waals surface area contributed by atoms with Crippen molar-refractivity contribution >= 4 is 35.3 Å². The summed E-state index contributed by atoms with van der Waals surface area (Å²) in [6, 6.07) is 3.91. The maximum Gasteiger partial charge on any atom is 0.514 e. The molecule has 2 saturated heterocycles. The van der Waals surface area contributed by atoms with Gasteiger partial charge >= 0.3 is 12.1 Å². The van der Waals surface area contributed by atoms with Crippen LogP contribution in [0.5, 0.6) is 5.75 Å². The average Bonchev–Trinajstić information content (AvgIpc) is 3.44. The molecule has 1 aromatic rings. The van der Waals surface area contributed by atoms with Crippen LogP contribution in [0, 0.1) is 45.6 Å². The van der Waals surface area contributed by atoms with E-state index in [1.807, 2.05) is 71.1 Å². The Morgan fingerprint density at radius 2 is 1.54 bits per heavy atom. The maximum absolute atomic E-state index is 14.7. The number of allylic oxidation sites excluding steroid dienone is 5. The molecule has 3 aliphatic heterocycles. The quantitative estimate of drug-likeness (QED) is 0.0555. The predicted octanol–water partition coefficient (Wildman–Crippen LogP) is 8.76. The number of aliphatic hydroxyl groups is 2. The molecule has 4 aliphatic rings. The molecular weight excluding hydrogens is 1010 g/mol. The lowest BCUT2D eigenvalue weighted by atomic mass is 9.78. The van der Waals surface area contributed by atoms with Crippen molar-refractivity contribution in [2.45, 2.75) is 186 Å². The van der Waals surface area contributed by atoms with Gasteiger partial charge in [0.05, 0.1) is 29.3 Å². The number of non-ortho nitro benzene ring substituents is 1. The van der Waals surface area contributed by atoms with Gasteiger partial charge in [-0.3, -0.25) is 24.5 Å². The molecule has 1 saturated carbocycles. The van der Waals surface area contributed by atoms with Gasteiger partial charge in [0, 0.05) is 77.7 Å². The fourth-order valence-electron chi connectivity index (χ4n) is 11.6. The van der Waals surface area contributed by atoms with E-state index in [1.54, 1.807) is 28.1 Å². The van der Waals surface area contributed by atoms with Crippen molar-refractivity contribution in [2.75, 3.05) is 35.0 Å². The van der Waals surface area contributed by atoms with Crippen molar-refractivity contribution < 1.29 is 77.0 Å². The van der Waals surface area contributed by atoms with E-state index < -0.39 is 107 Å². The summed E-state index contributed by atoms with van der Waals surface area (Å²) in [5, 5.41) is 34.8. The van der Waals surface area contributed by atoms with Crippen LogP contribution < -0.4 is 4.74 Å². The summed E-state index contributed by atoms with van der Waals surface area (Å²) in [4.78, 5) is 82.1. The third kappa shape index (κ3) is 16.9. The first-order valence-corrected chi connectivity index (χ1v) is 27.7. The molecule has 19 heteroatoms. The minimum absolute atomic E-state index is 0.00722. The molecule has 2 N–H and O–H groups in total. The van der Waals surface area contributed by atoms with Crippen molar-refractivity contribution in [1.29, 1.82) is 0 Å². The fourth-order valence-corrected chi connectivity index (χ4v) is 11.6. The van der Waals surface area contributed by atoms with E-state index in [-0.39, 0.29) is 54.4 Å². The number of hydrogen-bond donors (Lipinski definition) is 2. The second-order valence-electron chi connectivity index (χ2n) is 22.2.